The first-order valence-corrected chi connectivity index (χ1v) is 6.92. The first-order valence-electron chi connectivity index (χ1n) is 6.92. The molecule has 0 bridgehead atoms. The van der Waals surface area contributed by atoms with Gasteiger partial charge >= 0.3 is 0 Å². The van der Waals surface area contributed by atoms with E-state index in [4.69, 9.17) is 0 Å². The summed E-state index contributed by atoms with van der Waals surface area (Å²) in [4.78, 5) is 14.2. The average molecular weight is 278 g/mol. The Labute approximate surface area is 121 Å². The van der Waals surface area contributed by atoms with Crippen LogP contribution in [0.1, 0.15) is 37.6 Å². The van der Waals surface area contributed by atoms with Crippen LogP contribution in [0.2, 0.25) is 0 Å². The van der Waals surface area contributed by atoms with E-state index in [1.165, 1.54) is 0 Å². The molecule has 20 heavy (non-hydrogen) atoms. The Morgan fingerprint density at radius 1 is 1.35 bits per heavy atom. The Morgan fingerprint density at radius 2 is 2.00 bits per heavy atom. The van der Waals surface area contributed by atoms with E-state index in [1.54, 1.807) is 6.07 Å². The standard InChI is InChI=1S/C16H26N2O2/c1-16(2,3)10-13(11-19)17-15(20)12-7-6-8-14(9-12)18(4)5/h6-9,13,19H,10-11H2,1-5H3,(H,17,20)/t13-/m0/s1. The molecule has 0 aliphatic carbocycles. The summed E-state index contributed by atoms with van der Waals surface area (Å²) in [5.74, 6) is -0.142. The van der Waals surface area contributed by atoms with Crippen LogP contribution in [0.5, 0.6) is 0 Å². The fourth-order valence-corrected chi connectivity index (χ4v) is 2.09. The highest BCUT2D eigenvalue weighted by Crippen LogP contribution is 2.21. The van der Waals surface area contributed by atoms with Gasteiger partial charge in [0, 0.05) is 25.3 Å². The summed E-state index contributed by atoms with van der Waals surface area (Å²) in [7, 11) is 3.88. The van der Waals surface area contributed by atoms with E-state index in [-0.39, 0.29) is 24.0 Å². The molecule has 0 heterocycles. The van der Waals surface area contributed by atoms with E-state index in [9.17, 15) is 9.90 Å². The van der Waals surface area contributed by atoms with Gasteiger partial charge in [-0.2, -0.15) is 0 Å². The summed E-state index contributed by atoms with van der Waals surface area (Å²) in [6.07, 6.45) is 0.739. The maximum Gasteiger partial charge on any atom is 0.251 e. The summed E-state index contributed by atoms with van der Waals surface area (Å²) < 4.78 is 0. The first kappa shape index (κ1) is 16.5. The molecule has 1 amide bonds. The smallest absolute Gasteiger partial charge is 0.251 e. The molecule has 1 aromatic carbocycles. The van der Waals surface area contributed by atoms with Crippen molar-refractivity contribution in [1.82, 2.24) is 5.32 Å². The van der Waals surface area contributed by atoms with Gasteiger partial charge in [0.25, 0.3) is 5.91 Å². The van der Waals surface area contributed by atoms with E-state index >= 15 is 0 Å². The minimum Gasteiger partial charge on any atom is -0.394 e. The zero-order valence-electron chi connectivity index (χ0n) is 13.1. The van der Waals surface area contributed by atoms with Gasteiger partial charge in [-0.25, -0.2) is 0 Å². The SMILES string of the molecule is CN(C)c1cccc(C(=O)N[C@H](CO)CC(C)(C)C)c1. The third kappa shape index (κ3) is 5.21. The lowest BCUT2D eigenvalue weighted by Gasteiger charge is -2.25. The van der Waals surface area contributed by atoms with Crippen molar-refractivity contribution >= 4 is 11.6 Å². The maximum absolute atomic E-state index is 12.2. The molecule has 0 spiro atoms. The van der Waals surface area contributed by atoms with E-state index in [0.29, 0.717) is 5.56 Å². The van der Waals surface area contributed by atoms with Gasteiger partial charge in [0.05, 0.1) is 12.6 Å². The van der Waals surface area contributed by atoms with Crippen molar-refractivity contribution in [2.45, 2.75) is 33.2 Å². The quantitative estimate of drug-likeness (QED) is 0.869. The first-order chi connectivity index (χ1) is 9.23. The molecule has 112 valence electrons. The molecule has 4 nitrogen and oxygen atoms in total. The molecule has 0 saturated heterocycles. The Hall–Kier alpha value is -1.55. The van der Waals surface area contributed by atoms with Crippen LogP contribution < -0.4 is 10.2 Å². The van der Waals surface area contributed by atoms with E-state index in [2.05, 4.69) is 26.1 Å². The van der Waals surface area contributed by atoms with Crippen LogP contribution >= 0.6 is 0 Å². The molecule has 2 N–H and O–H groups in total. The topological polar surface area (TPSA) is 52.6 Å². The number of rotatable bonds is 5. The second-order valence-electron chi connectivity index (χ2n) is 6.56. The maximum atomic E-state index is 12.2. The minimum atomic E-state index is -0.217. The number of benzene rings is 1. The third-order valence-electron chi connectivity index (χ3n) is 3.04. The van der Waals surface area contributed by atoms with Gasteiger partial charge < -0.3 is 15.3 Å². The molecule has 0 aromatic heterocycles. The van der Waals surface area contributed by atoms with Crippen LogP contribution in [0.3, 0.4) is 0 Å². The number of nitrogens with zero attached hydrogens (tertiary/aromatic N) is 1. The summed E-state index contributed by atoms with van der Waals surface area (Å²) in [5.41, 5.74) is 1.66. The Kier molecular flexibility index (Phi) is 5.57. The van der Waals surface area contributed by atoms with Crippen molar-refractivity contribution in [3.8, 4) is 0 Å². The number of hydrogen-bond acceptors (Lipinski definition) is 3. The Balaban J connectivity index is 2.77. The minimum absolute atomic E-state index is 0.0453. The van der Waals surface area contributed by atoms with Crippen molar-refractivity contribution < 1.29 is 9.90 Å². The summed E-state index contributed by atoms with van der Waals surface area (Å²) in [5, 5.41) is 12.3. The van der Waals surface area contributed by atoms with Crippen LogP contribution in [-0.4, -0.2) is 37.8 Å². The highest BCUT2D eigenvalue weighted by atomic mass is 16.3. The van der Waals surface area contributed by atoms with Gasteiger partial charge in [-0.3, -0.25) is 4.79 Å². The van der Waals surface area contributed by atoms with Crippen molar-refractivity contribution in [3.63, 3.8) is 0 Å². The van der Waals surface area contributed by atoms with Crippen molar-refractivity contribution in [2.75, 3.05) is 25.6 Å². The molecule has 0 unspecified atom stereocenters. The third-order valence-corrected chi connectivity index (χ3v) is 3.04. The second kappa shape index (κ2) is 6.75. The number of hydrogen-bond donors (Lipinski definition) is 2. The number of anilines is 1. The number of nitrogens with one attached hydrogen (secondary N) is 1. The zero-order chi connectivity index (χ0) is 15.3. The molecule has 1 rings (SSSR count). The summed E-state index contributed by atoms with van der Waals surface area (Å²) in [6.45, 7) is 6.23. The van der Waals surface area contributed by atoms with Gasteiger partial charge in [0.2, 0.25) is 0 Å². The van der Waals surface area contributed by atoms with Gasteiger partial charge in [-0.1, -0.05) is 26.8 Å². The molecule has 4 heteroatoms. The highest BCUT2D eigenvalue weighted by molar-refractivity contribution is 5.95. The molecule has 0 radical (unpaired) electrons. The van der Waals surface area contributed by atoms with Gasteiger partial charge in [-0.15, -0.1) is 0 Å². The van der Waals surface area contributed by atoms with Crippen LogP contribution in [0.15, 0.2) is 24.3 Å². The van der Waals surface area contributed by atoms with Crippen molar-refractivity contribution in [3.05, 3.63) is 29.8 Å². The molecule has 0 aliphatic heterocycles. The molecule has 0 aliphatic rings. The molecule has 0 saturated carbocycles. The largest absolute Gasteiger partial charge is 0.394 e. The number of aliphatic hydroxyl groups is 1. The lowest BCUT2D eigenvalue weighted by molar-refractivity contribution is 0.0897. The van der Waals surface area contributed by atoms with Crippen LogP contribution in [0.25, 0.3) is 0 Å². The molecular weight excluding hydrogens is 252 g/mol. The highest BCUT2D eigenvalue weighted by Gasteiger charge is 2.20. The molecule has 1 aromatic rings. The molecular formula is C16H26N2O2. The lowest BCUT2D eigenvalue weighted by Crippen LogP contribution is -2.40. The van der Waals surface area contributed by atoms with E-state index in [1.807, 2.05) is 37.2 Å². The lowest BCUT2D eigenvalue weighted by atomic mass is 9.88. The fraction of sp³-hybridized carbons (Fsp3) is 0.562. The van der Waals surface area contributed by atoms with Crippen molar-refractivity contribution in [2.24, 2.45) is 5.41 Å². The average Bonchev–Trinajstić information content (AvgIpc) is 2.36. The fourth-order valence-electron chi connectivity index (χ4n) is 2.09. The van der Waals surface area contributed by atoms with Gasteiger partial charge in [-0.05, 0) is 30.0 Å². The zero-order valence-corrected chi connectivity index (χ0v) is 13.1. The number of aliphatic hydroxyl groups excluding tert-OH is 1. The second-order valence-corrected chi connectivity index (χ2v) is 6.56. The molecule has 1 atom stereocenters. The predicted octanol–water partition coefficient (Wildman–Crippen LogP) is 2.28. The summed E-state index contributed by atoms with van der Waals surface area (Å²) in [6, 6.07) is 7.23. The number of carbonyl (C=O) groups excluding carboxylic acids is 1. The van der Waals surface area contributed by atoms with E-state index < -0.39 is 0 Å². The number of carbonyl (C=O) groups is 1. The van der Waals surface area contributed by atoms with Crippen LogP contribution in [0.4, 0.5) is 5.69 Å². The molecule has 0 fully saturated rings. The van der Waals surface area contributed by atoms with Crippen molar-refractivity contribution in [1.29, 1.82) is 0 Å². The van der Waals surface area contributed by atoms with Gasteiger partial charge in [0.1, 0.15) is 0 Å². The van der Waals surface area contributed by atoms with Crippen LogP contribution in [0, 0.1) is 5.41 Å². The predicted molar refractivity (Wildman–Crippen MR) is 83.2 cm³/mol. The Bertz CT molecular complexity index is 450. The Morgan fingerprint density at radius 3 is 2.50 bits per heavy atom. The monoisotopic (exact) mass is 278 g/mol. The van der Waals surface area contributed by atoms with Crippen LogP contribution in [-0.2, 0) is 0 Å². The number of amides is 1. The normalized spacial score (nSPS) is 12.9. The van der Waals surface area contributed by atoms with E-state index in [0.717, 1.165) is 12.1 Å². The van der Waals surface area contributed by atoms with Gasteiger partial charge in [0.15, 0.2) is 0 Å². The summed E-state index contributed by atoms with van der Waals surface area (Å²) >= 11 is 0.